The van der Waals surface area contributed by atoms with E-state index in [1.54, 1.807) is 0 Å². The van der Waals surface area contributed by atoms with Gasteiger partial charge in [0.15, 0.2) is 11.4 Å². The number of halogens is 1. The Balaban J connectivity index is 1.99. The summed E-state index contributed by atoms with van der Waals surface area (Å²) in [6.07, 6.45) is 1.15. The van der Waals surface area contributed by atoms with Gasteiger partial charge >= 0.3 is 5.97 Å². The molecule has 2 aliphatic heterocycles. The molecule has 20 heavy (non-hydrogen) atoms. The van der Waals surface area contributed by atoms with Crippen molar-refractivity contribution in [3.63, 3.8) is 0 Å². The van der Waals surface area contributed by atoms with Gasteiger partial charge < -0.3 is 14.7 Å². The first-order chi connectivity index (χ1) is 9.52. The smallest absolute Gasteiger partial charge is 0.343 e. The molecule has 0 aromatic heterocycles. The average molecular weight is 277 g/mol. The molecule has 0 saturated carbocycles. The third-order valence-electron chi connectivity index (χ3n) is 4.09. The summed E-state index contributed by atoms with van der Waals surface area (Å²) in [5.74, 6) is -0.921. The summed E-state index contributed by atoms with van der Waals surface area (Å²) in [6.45, 7) is 1.52. The number of aliphatic hydroxyl groups excluding tert-OH is 1. The van der Waals surface area contributed by atoms with Gasteiger partial charge in [0.1, 0.15) is 11.4 Å². The maximum atomic E-state index is 13.0. The van der Waals surface area contributed by atoms with Crippen molar-refractivity contribution in [2.75, 3.05) is 20.1 Å². The lowest BCUT2D eigenvalue weighted by Gasteiger charge is -2.36. The van der Waals surface area contributed by atoms with Crippen molar-refractivity contribution in [3.8, 4) is 0 Å². The number of benzene rings is 1. The molecule has 3 rings (SSSR count). The van der Waals surface area contributed by atoms with Crippen molar-refractivity contribution in [2.24, 2.45) is 0 Å². The van der Waals surface area contributed by atoms with Gasteiger partial charge in [-0.15, -0.1) is 0 Å². The summed E-state index contributed by atoms with van der Waals surface area (Å²) in [6, 6.07) is 5.50. The number of likely N-dealkylation sites (tertiary alicyclic amines) is 1. The lowest BCUT2D eigenvalue weighted by atomic mass is 9.88. The molecule has 1 fully saturated rings. The van der Waals surface area contributed by atoms with E-state index >= 15 is 0 Å². The number of aliphatic hydroxyl groups is 1. The molecular weight excluding hydrogens is 261 g/mol. The first kappa shape index (κ1) is 13.1. The molecule has 1 saturated heterocycles. The summed E-state index contributed by atoms with van der Waals surface area (Å²) in [5.41, 5.74) is -0.243. The van der Waals surface area contributed by atoms with Gasteiger partial charge in [-0.05, 0) is 24.7 Å². The fourth-order valence-electron chi connectivity index (χ4n) is 2.79. The normalized spacial score (nSPS) is 22.4. The Morgan fingerprint density at radius 3 is 2.45 bits per heavy atom. The van der Waals surface area contributed by atoms with Crippen molar-refractivity contribution in [2.45, 2.75) is 18.4 Å². The van der Waals surface area contributed by atoms with Crippen LogP contribution in [0, 0.1) is 5.82 Å². The van der Waals surface area contributed by atoms with Crippen molar-refractivity contribution in [1.82, 2.24) is 4.90 Å². The van der Waals surface area contributed by atoms with Gasteiger partial charge in [-0.25, -0.2) is 9.18 Å². The highest BCUT2D eigenvalue weighted by Gasteiger charge is 2.49. The summed E-state index contributed by atoms with van der Waals surface area (Å²) in [5, 5.41) is 10.5. The van der Waals surface area contributed by atoms with Gasteiger partial charge in [-0.1, -0.05) is 12.1 Å². The van der Waals surface area contributed by atoms with Gasteiger partial charge in [-0.2, -0.15) is 0 Å². The summed E-state index contributed by atoms with van der Waals surface area (Å²) in [7, 11) is 1.99. The van der Waals surface area contributed by atoms with E-state index in [1.807, 2.05) is 7.05 Å². The number of hydrogen-bond donors (Lipinski definition) is 1. The van der Waals surface area contributed by atoms with E-state index in [9.17, 15) is 14.3 Å². The van der Waals surface area contributed by atoms with Crippen LogP contribution in [0.15, 0.2) is 30.0 Å². The van der Waals surface area contributed by atoms with Gasteiger partial charge in [0.25, 0.3) is 0 Å². The molecule has 0 atom stereocenters. The fourth-order valence-corrected chi connectivity index (χ4v) is 2.79. The van der Waals surface area contributed by atoms with Crippen LogP contribution >= 0.6 is 0 Å². The monoisotopic (exact) mass is 277 g/mol. The second-order valence-electron chi connectivity index (χ2n) is 5.42. The van der Waals surface area contributed by atoms with Crippen LogP contribution < -0.4 is 0 Å². The zero-order valence-electron chi connectivity index (χ0n) is 11.2. The minimum absolute atomic E-state index is 0.0118. The standard InChI is InChI=1S/C15H16FNO3/c1-17-8-6-15(7-9-17)13(18)12(14(19)20-15)10-2-4-11(16)5-3-10/h2-5,18H,6-9H2,1H3. The van der Waals surface area contributed by atoms with Crippen LogP contribution in [0.3, 0.4) is 0 Å². The summed E-state index contributed by atoms with van der Waals surface area (Å²) < 4.78 is 18.4. The molecule has 5 heteroatoms. The molecule has 0 amide bonds. The van der Waals surface area contributed by atoms with Gasteiger partial charge in [0, 0.05) is 25.9 Å². The Kier molecular flexibility index (Phi) is 3.01. The van der Waals surface area contributed by atoms with Crippen LogP contribution in [-0.2, 0) is 9.53 Å². The minimum Gasteiger partial charge on any atom is -0.507 e. The quantitative estimate of drug-likeness (QED) is 0.799. The van der Waals surface area contributed by atoms with E-state index in [2.05, 4.69) is 4.90 Å². The number of rotatable bonds is 1. The molecule has 0 bridgehead atoms. The second kappa shape index (κ2) is 4.59. The van der Waals surface area contributed by atoms with Crippen LogP contribution in [-0.4, -0.2) is 41.7 Å². The van der Waals surface area contributed by atoms with Crippen molar-refractivity contribution in [3.05, 3.63) is 41.4 Å². The highest BCUT2D eigenvalue weighted by molar-refractivity contribution is 6.19. The third-order valence-corrected chi connectivity index (χ3v) is 4.09. The summed E-state index contributed by atoms with van der Waals surface area (Å²) >= 11 is 0. The zero-order valence-corrected chi connectivity index (χ0v) is 11.2. The summed E-state index contributed by atoms with van der Waals surface area (Å²) in [4.78, 5) is 14.2. The molecule has 1 aromatic carbocycles. The zero-order chi connectivity index (χ0) is 14.3. The van der Waals surface area contributed by atoms with Crippen LogP contribution in [0.1, 0.15) is 18.4 Å². The molecular formula is C15H16FNO3. The Labute approximate surface area is 116 Å². The highest BCUT2D eigenvalue weighted by atomic mass is 19.1. The highest BCUT2D eigenvalue weighted by Crippen LogP contribution is 2.42. The topological polar surface area (TPSA) is 49.8 Å². The number of nitrogens with zero attached hydrogens (tertiary/aromatic N) is 1. The number of esters is 1. The first-order valence-corrected chi connectivity index (χ1v) is 6.63. The lowest BCUT2D eigenvalue weighted by Crippen LogP contribution is -2.44. The number of carbonyl (C=O) groups excluding carboxylic acids is 1. The molecule has 2 aliphatic rings. The minimum atomic E-state index is -0.896. The Hall–Kier alpha value is -1.88. The van der Waals surface area contributed by atoms with Crippen LogP contribution in [0.25, 0.3) is 5.57 Å². The molecule has 0 unspecified atom stereocenters. The molecule has 2 heterocycles. The lowest BCUT2D eigenvalue weighted by molar-refractivity contribution is -0.150. The second-order valence-corrected chi connectivity index (χ2v) is 5.42. The number of hydrogen-bond acceptors (Lipinski definition) is 4. The molecule has 106 valence electrons. The van der Waals surface area contributed by atoms with E-state index < -0.39 is 11.6 Å². The van der Waals surface area contributed by atoms with Crippen LogP contribution in [0.5, 0.6) is 0 Å². The molecule has 1 N–H and O–H groups in total. The van der Waals surface area contributed by atoms with Crippen LogP contribution in [0.2, 0.25) is 0 Å². The Morgan fingerprint density at radius 1 is 1.25 bits per heavy atom. The van der Waals surface area contributed by atoms with Crippen molar-refractivity contribution >= 4 is 11.5 Å². The molecule has 1 aromatic rings. The van der Waals surface area contributed by atoms with E-state index in [-0.39, 0.29) is 17.1 Å². The molecule has 1 spiro atoms. The largest absolute Gasteiger partial charge is 0.507 e. The van der Waals surface area contributed by atoms with Crippen LogP contribution in [0.4, 0.5) is 4.39 Å². The molecule has 0 radical (unpaired) electrons. The Morgan fingerprint density at radius 2 is 1.85 bits per heavy atom. The number of carbonyl (C=O) groups is 1. The van der Waals surface area contributed by atoms with Gasteiger partial charge in [-0.3, -0.25) is 0 Å². The predicted molar refractivity (Wildman–Crippen MR) is 71.5 cm³/mol. The van der Waals surface area contributed by atoms with Gasteiger partial charge in [0.05, 0.1) is 0 Å². The first-order valence-electron chi connectivity index (χ1n) is 6.63. The maximum absolute atomic E-state index is 13.0. The number of piperidine rings is 1. The number of ether oxygens (including phenoxy) is 1. The van der Waals surface area contributed by atoms with E-state index in [0.29, 0.717) is 18.4 Å². The van der Waals surface area contributed by atoms with E-state index in [4.69, 9.17) is 4.74 Å². The SMILES string of the molecule is CN1CCC2(CC1)OC(=O)C(c1ccc(F)cc1)=C2O. The van der Waals surface area contributed by atoms with E-state index in [0.717, 1.165) is 13.1 Å². The van der Waals surface area contributed by atoms with E-state index in [1.165, 1.54) is 24.3 Å². The predicted octanol–water partition coefficient (Wildman–Crippen LogP) is 2.12. The van der Waals surface area contributed by atoms with Crippen molar-refractivity contribution < 1.29 is 19.0 Å². The molecule has 4 nitrogen and oxygen atoms in total. The third kappa shape index (κ3) is 1.98. The maximum Gasteiger partial charge on any atom is 0.343 e. The average Bonchev–Trinajstić information content (AvgIpc) is 2.67. The fraction of sp³-hybridized carbons (Fsp3) is 0.400. The Bertz CT molecular complexity index is 571. The van der Waals surface area contributed by atoms with Crippen molar-refractivity contribution in [1.29, 1.82) is 0 Å². The molecule has 0 aliphatic carbocycles. The van der Waals surface area contributed by atoms with Gasteiger partial charge in [0.2, 0.25) is 0 Å².